The van der Waals surface area contributed by atoms with Crippen molar-refractivity contribution in [2.24, 2.45) is 5.92 Å². The number of rotatable bonds is 3. The smallest absolute Gasteiger partial charge is 0.244 e. The topological polar surface area (TPSA) is 52.7 Å². The largest absolute Gasteiger partial charge is 0.323 e. The Morgan fingerprint density at radius 3 is 2.78 bits per heavy atom. The van der Waals surface area contributed by atoms with Gasteiger partial charge in [0, 0.05) is 18.7 Å². The van der Waals surface area contributed by atoms with E-state index in [0.29, 0.717) is 24.3 Å². The average Bonchev–Trinajstić information content (AvgIpc) is 2.69. The first-order valence-electron chi connectivity index (χ1n) is 9.28. The molecule has 2 heterocycles. The van der Waals surface area contributed by atoms with Gasteiger partial charge in [0.15, 0.2) is 0 Å². The minimum absolute atomic E-state index is 0.0319. The number of para-hydroxylation sites is 2. The van der Waals surface area contributed by atoms with E-state index in [9.17, 15) is 14.0 Å². The van der Waals surface area contributed by atoms with Gasteiger partial charge < -0.3 is 10.2 Å². The minimum atomic E-state index is -0.215. The number of halogens is 1. The van der Waals surface area contributed by atoms with E-state index >= 15 is 0 Å². The maximum absolute atomic E-state index is 14.0. The number of hydrogen-bond donors (Lipinski definition) is 1. The van der Waals surface area contributed by atoms with E-state index in [0.717, 1.165) is 25.1 Å². The number of amides is 2. The highest BCUT2D eigenvalue weighted by molar-refractivity contribution is 6.10. The molecule has 1 unspecified atom stereocenters. The molecule has 0 spiro atoms. The van der Waals surface area contributed by atoms with Gasteiger partial charge in [0.05, 0.1) is 17.3 Å². The molecule has 6 heteroatoms. The van der Waals surface area contributed by atoms with E-state index in [4.69, 9.17) is 0 Å². The number of anilines is 2. The molecule has 1 N–H and O–H groups in total. The summed E-state index contributed by atoms with van der Waals surface area (Å²) in [6, 6.07) is 14.1. The second-order valence-corrected chi connectivity index (χ2v) is 7.16. The summed E-state index contributed by atoms with van der Waals surface area (Å²) >= 11 is 0. The number of carbonyl (C=O) groups is 2. The SMILES string of the molecule is O=C1CN(C(=O)C2CCCN(Cc3ccccc3F)C2)c2ccccc2N1. The molecule has 2 aliphatic rings. The maximum Gasteiger partial charge on any atom is 0.244 e. The third-order valence-corrected chi connectivity index (χ3v) is 5.24. The second kappa shape index (κ2) is 7.48. The fourth-order valence-electron chi connectivity index (χ4n) is 3.92. The van der Waals surface area contributed by atoms with Gasteiger partial charge in [0.1, 0.15) is 12.4 Å². The lowest BCUT2D eigenvalue weighted by molar-refractivity contribution is -0.126. The zero-order valence-corrected chi connectivity index (χ0v) is 15.0. The average molecular weight is 367 g/mol. The van der Waals surface area contributed by atoms with Crippen LogP contribution >= 0.6 is 0 Å². The van der Waals surface area contributed by atoms with Crippen LogP contribution < -0.4 is 10.2 Å². The fraction of sp³-hybridized carbons (Fsp3) is 0.333. The Morgan fingerprint density at radius 1 is 1.15 bits per heavy atom. The summed E-state index contributed by atoms with van der Waals surface area (Å²) in [5.41, 5.74) is 2.06. The molecule has 0 radical (unpaired) electrons. The predicted octanol–water partition coefficient (Wildman–Crippen LogP) is 3.02. The highest BCUT2D eigenvalue weighted by atomic mass is 19.1. The molecule has 2 aromatic carbocycles. The van der Waals surface area contributed by atoms with Crippen molar-refractivity contribution < 1.29 is 14.0 Å². The van der Waals surface area contributed by atoms with Crippen LogP contribution in [0.25, 0.3) is 0 Å². The van der Waals surface area contributed by atoms with Gasteiger partial charge in [-0.2, -0.15) is 0 Å². The van der Waals surface area contributed by atoms with Crippen LogP contribution in [0.2, 0.25) is 0 Å². The lowest BCUT2D eigenvalue weighted by Crippen LogP contribution is -2.49. The molecule has 1 saturated heterocycles. The Kier molecular flexibility index (Phi) is 4.90. The van der Waals surface area contributed by atoms with Crippen LogP contribution in [-0.4, -0.2) is 36.3 Å². The second-order valence-electron chi connectivity index (χ2n) is 7.16. The lowest BCUT2D eigenvalue weighted by atomic mass is 9.95. The van der Waals surface area contributed by atoms with E-state index in [1.807, 2.05) is 24.3 Å². The van der Waals surface area contributed by atoms with Gasteiger partial charge in [-0.1, -0.05) is 30.3 Å². The maximum atomic E-state index is 14.0. The Bertz CT molecular complexity index is 870. The van der Waals surface area contributed by atoms with E-state index in [1.54, 1.807) is 23.1 Å². The molecule has 1 atom stereocenters. The molecule has 1 fully saturated rings. The Balaban J connectivity index is 1.49. The van der Waals surface area contributed by atoms with Gasteiger partial charge in [-0.25, -0.2) is 4.39 Å². The summed E-state index contributed by atoms with van der Waals surface area (Å²) in [6.07, 6.45) is 1.67. The summed E-state index contributed by atoms with van der Waals surface area (Å²) in [4.78, 5) is 28.9. The van der Waals surface area contributed by atoms with Crippen LogP contribution in [0.4, 0.5) is 15.8 Å². The molecule has 0 bridgehead atoms. The Morgan fingerprint density at radius 2 is 1.93 bits per heavy atom. The van der Waals surface area contributed by atoms with Gasteiger partial charge in [-0.05, 0) is 37.6 Å². The number of likely N-dealkylation sites (tertiary alicyclic amines) is 1. The number of benzene rings is 2. The van der Waals surface area contributed by atoms with E-state index in [-0.39, 0.29) is 30.1 Å². The van der Waals surface area contributed by atoms with Crippen molar-refractivity contribution in [1.82, 2.24) is 4.90 Å². The molecule has 0 aromatic heterocycles. The third-order valence-electron chi connectivity index (χ3n) is 5.24. The number of nitrogens with zero attached hydrogens (tertiary/aromatic N) is 2. The van der Waals surface area contributed by atoms with E-state index < -0.39 is 0 Å². The van der Waals surface area contributed by atoms with Gasteiger partial charge in [0.2, 0.25) is 11.8 Å². The Hall–Kier alpha value is -2.73. The Labute approximate surface area is 157 Å². The molecule has 2 aliphatic heterocycles. The van der Waals surface area contributed by atoms with Crippen LogP contribution in [0.3, 0.4) is 0 Å². The summed E-state index contributed by atoms with van der Waals surface area (Å²) in [5, 5.41) is 2.81. The van der Waals surface area contributed by atoms with Gasteiger partial charge in [-0.15, -0.1) is 0 Å². The highest BCUT2D eigenvalue weighted by Gasteiger charge is 2.34. The molecular weight excluding hydrogens is 345 g/mol. The molecule has 0 saturated carbocycles. The molecular formula is C21H22FN3O2. The molecule has 2 aromatic rings. The van der Waals surface area contributed by atoms with Crippen molar-refractivity contribution in [3.05, 3.63) is 59.9 Å². The van der Waals surface area contributed by atoms with Crippen molar-refractivity contribution in [2.45, 2.75) is 19.4 Å². The van der Waals surface area contributed by atoms with Crippen molar-refractivity contribution in [1.29, 1.82) is 0 Å². The monoisotopic (exact) mass is 367 g/mol. The molecule has 140 valence electrons. The fourth-order valence-corrected chi connectivity index (χ4v) is 3.92. The molecule has 2 amide bonds. The summed E-state index contributed by atoms with van der Waals surface area (Å²) < 4.78 is 14.0. The zero-order valence-electron chi connectivity index (χ0n) is 15.0. The number of fused-ring (bicyclic) bond motifs is 1. The number of nitrogens with one attached hydrogen (secondary N) is 1. The van der Waals surface area contributed by atoms with Crippen LogP contribution in [-0.2, 0) is 16.1 Å². The number of piperidine rings is 1. The van der Waals surface area contributed by atoms with E-state index in [1.165, 1.54) is 6.07 Å². The van der Waals surface area contributed by atoms with Crippen LogP contribution in [0, 0.1) is 11.7 Å². The molecule has 4 rings (SSSR count). The number of carbonyl (C=O) groups excluding carboxylic acids is 2. The predicted molar refractivity (Wildman–Crippen MR) is 102 cm³/mol. The number of hydrogen-bond acceptors (Lipinski definition) is 3. The van der Waals surface area contributed by atoms with Crippen molar-refractivity contribution in [3.8, 4) is 0 Å². The third kappa shape index (κ3) is 3.71. The molecule has 27 heavy (non-hydrogen) atoms. The lowest BCUT2D eigenvalue weighted by Gasteiger charge is -2.36. The van der Waals surface area contributed by atoms with Crippen LogP contribution in [0.1, 0.15) is 18.4 Å². The van der Waals surface area contributed by atoms with Crippen LogP contribution in [0.15, 0.2) is 48.5 Å². The van der Waals surface area contributed by atoms with Gasteiger partial charge in [-0.3, -0.25) is 14.5 Å². The van der Waals surface area contributed by atoms with Crippen molar-refractivity contribution >= 4 is 23.2 Å². The standard InChI is InChI=1S/C21H22FN3O2/c22-17-8-2-1-6-15(17)12-24-11-5-7-16(13-24)21(27)25-14-20(26)23-18-9-3-4-10-19(18)25/h1-4,6,8-10,16H,5,7,11-14H2,(H,23,26). The first kappa shape index (κ1) is 17.7. The quantitative estimate of drug-likeness (QED) is 0.907. The zero-order chi connectivity index (χ0) is 18.8. The van der Waals surface area contributed by atoms with E-state index in [2.05, 4.69) is 10.2 Å². The first-order valence-corrected chi connectivity index (χ1v) is 9.28. The summed E-state index contributed by atoms with van der Waals surface area (Å²) in [7, 11) is 0. The summed E-state index contributed by atoms with van der Waals surface area (Å²) in [5.74, 6) is -0.617. The van der Waals surface area contributed by atoms with Crippen LogP contribution in [0.5, 0.6) is 0 Å². The summed E-state index contributed by atoms with van der Waals surface area (Å²) in [6.45, 7) is 1.95. The van der Waals surface area contributed by atoms with Crippen molar-refractivity contribution in [2.75, 3.05) is 29.9 Å². The molecule has 5 nitrogen and oxygen atoms in total. The minimum Gasteiger partial charge on any atom is -0.323 e. The van der Waals surface area contributed by atoms with Crippen molar-refractivity contribution in [3.63, 3.8) is 0 Å². The first-order chi connectivity index (χ1) is 13.1. The normalized spacial score (nSPS) is 20.1. The highest BCUT2D eigenvalue weighted by Crippen LogP contribution is 2.31. The van der Waals surface area contributed by atoms with Gasteiger partial charge in [0.25, 0.3) is 0 Å². The van der Waals surface area contributed by atoms with Gasteiger partial charge >= 0.3 is 0 Å². The molecule has 0 aliphatic carbocycles.